The Bertz CT molecular complexity index is 17.1. The topological polar surface area (TPSA) is 0 Å². The third kappa shape index (κ3) is 53.7. The molecule has 0 atom stereocenters. The van der Waals surface area contributed by atoms with Crippen LogP contribution in [0.5, 0.6) is 0 Å². The summed E-state index contributed by atoms with van der Waals surface area (Å²) in [5, 5.41) is 0. The summed E-state index contributed by atoms with van der Waals surface area (Å²) in [5.74, 6) is 0. The molecule has 0 N–H and O–H groups in total. The van der Waals surface area contributed by atoms with E-state index in [-0.39, 0.29) is 9.41 Å². The van der Waals surface area contributed by atoms with E-state index in [4.69, 9.17) is 0 Å². The fraction of sp³-hybridized carbons (Fsp3) is 0. The molecule has 0 aliphatic carbocycles. The third-order valence-corrected chi connectivity index (χ3v) is 0. The van der Waals surface area contributed by atoms with Gasteiger partial charge >= 0.3 is 0 Å². The maximum atomic E-state index is 4.28. The average molecular weight is 181 g/mol. The Morgan fingerprint density at radius 3 is 1.40 bits per heavy atom. The van der Waals surface area contributed by atoms with Gasteiger partial charge in [0.05, 0.1) is 6.06 Å². The minimum absolute atomic E-state index is 0. The van der Waals surface area contributed by atoms with E-state index in [0.717, 1.165) is 6.06 Å². The molecule has 0 aromatic carbocycles. The summed E-state index contributed by atoms with van der Waals surface area (Å²) in [7, 11) is 0. The van der Waals surface area contributed by atoms with Crippen LogP contribution in [0.15, 0.2) is 0 Å². The first kappa shape index (κ1) is 16.9. The minimum Gasteiger partial charge on any atom is -1.00 e. The highest BCUT2D eigenvalue weighted by Crippen LogP contribution is 1.99. The van der Waals surface area contributed by atoms with Crippen molar-refractivity contribution in [1.29, 1.82) is 0 Å². The molecule has 0 heterocycles. The van der Waals surface area contributed by atoms with Gasteiger partial charge < -0.3 is 9.41 Å². The Morgan fingerprint density at radius 2 is 1.40 bits per heavy atom. The van der Waals surface area contributed by atoms with Gasteiger partial charge in [-0.25, -0.2) is 0 Å². The summed E-state index contributed by atoms with van der Waals surface area (Å²) in [6.45, 7) is 0. The smallest absolute Gasteiger partial charge is 0.0535 e. The molecule has 5 heavy (non-hydrogen) atoms. The van der Waals surface area contributed by atoms with Crippen molar-refractivity contribution in [3.05, 3.63) is 0 Å². The first-order valence-corrected chi connectivity index (χ1v) is 4.28. The van der Waals surface area contributed by atoms with Gasteiger partial charge in [0.2, 0.25) is 0 Å². The van der Waals surface area contributed by atoms with Crippen LogP contribution < -0.4 is 9.41 Å². The van der Waals surface area contributed by atoms with Crippen molar-refractivity contribution >= 4 is 33.4 Å². The molecule has 0 aliphatic rings. The summed E-state index contributed by atoms with van der Waals surface area (Å²) >= 11 is 7.22. The lowest BCUT2D eigenvalue weighted by atomic mass is 19.0. The van der Waals surface area contributed by atoms with Gasteiger partial charge in [0.25, 0.3) is 0 Å². The Labute approximate surface area is 43.3 Å². The van der Waals surface area contributed by atoms with Gasteiger partial charge in [0, 0.05) is 0 Å². The van der Waals surface area contributed by atoms with Gasteiger partial charge in [-0.15, -0.1) is 0 Å². The maximum Gasteiger partial charge on any atom is 0.0535 e. The van der Waals surface area contributed by atoms with Crippen LogP contribution in [-0.4, -0.2) is 0 Å². The number of halogens is 3. The molecule has 34 valence electrons. The van der Waals surface area contributed by atoms with Gasteiger partial charge in [0.1, 0.15) is 0 Å². The summed E-state index contributed by atoms with van der Waals surface area (Å²) in [6, 6.07) is 0.813. The molecule has 0 bridgehead atoms. The monoisotopic (exact) mass is 180 g/mol. The van der Waals surface area contributed by atoms with E-state index in [1.54, 1.807) is 0 Å². The van der Waals surface area contributed by atoms with Crippen LogP contribution >= 0.6 is 21.5 Å². The predicted molar refractivity (Wildman–Crippen MR) is 23.2 cm³/mol. The van der Waals surface area contributed by atoms with Crippen LogP contribution in [0.4, 0.5) is 0 Å². The van der Waals surface area contributed by atoms with Crippen LogP contribution in [0.2, 0.25) is 0 Å². The molecule has 0 aliphatic heterocycles. The van der Waals surface area contributed by atoms with Crippen molar-refractivity contribution in [3.8, 4) is 0 Å². The zero-order chi connectivity index (χ0) is 2.71. The quantitative estimate of drug-likeness (QED) is 0.341. The molecule has 0 saturated heterocycles. The first-order chi connectivity index (χ1) is 1.41. The van der Waals surface area contributed by atoms with Crippen LogP contribution in [-0.2, 0) is 11.8 Å². The lowest BCUT2D eigenvalue weighted by molar-refractivity contribution is -0.001000. The summed E-state index contributed by atoms with van der Waals surface area (Å²) in [5.41, 5.74) is 0. The summed E-state index contributed by atoms with van der Waals surface area (Å²) in [6.07, 6.45) is 0. The lowest BCUT2D eigenvalue weighted by Gasteiger charge is -1.21. The molecular weight excluding hydrogens is 181 g/mol. The highest BCUT2D eigenvalue weighted by Gasteiger charge is 1.24. The summed E-state index contributed by atoms with van der Waals surface area (Å²) in [4.78, 5) is 0. The van der Waals surface area contributed by atoms with Gasteiger partial charge in [-0.3, -0.25) is 0 Å². The molecule has 0 spiro atoms. The van der Waals surface area contributed by atoms with Crippen molar-refractivity contribution < 1.29 is 9.41 Å². The maximum absolute atomic E-state index is 4.28. The molecule has 0 unspecified atom stereocenters. The van der Waals surface area contributed by atoms with Gasteiger partial charge in [0.15, 0.2) is 0 Å². The number of rotatable bonds is 0. The van der Waals surface area contributed by atoms with Crippen molar-refractivity contribution in [3.63, 3.8) is 0 Å². The molecular formula is BrF2PS-2. The molecule has 0 fully saturated rings. The molecule has 5 heteroatoms. The lowest BCUT2D eigenvalue weighted by Crippen LogP contribution is -3.00. The molecule has 0 radical (unpaired) electrons. The largest absolute Gasteiger partial charge is 1.00 e. The Morgan fingerprint density at radius 1 is 1.40 bits per heavy atom. The fourth-order valence-electron chi connectivity index (χ4n) is 0. The summed E-state index contributed by atoms with van der Waals surface area (Å²) < 4.78 is 0. The van der Waals surface area contributed by atoms with E-state index >= 15 is 0 Å². The van der Waals surface area contributed by atoms with Crippen LogP contribution in [0.3, 0.4) is 0 Å². The molecule has 0 rings (SSSR count). The van der Waals surface area contributed by atoms with E-state index in [0.29, 0.717) is 0 Å². The zero-order valence-corrected chi connectivity index (χ0v) is 5.29. The molecule has 0 nitrogen and oxygen atoms in total. The first-order valence-electron chi connectivity index (χ1n) is 0.352. The van der Waals surface area contributed by atoms with Crippen LogP contribution in [0.1, 0.15) is 0 Å². The van der Waals surface area contributed by atoms with E-state index < -0.39 is 0 Å². The zero-order valence-electron chi connectivity index (χ0n) is 1.99. The molecule has 0 aromatic heterocycles. The molecule has 0 amide bonds. The van der Waals surface area contributed by atoms with E-state index in [9.17, 15) is 0 Å². The predicted octanol–water partition coefficient (Wildman–Crippen LogP) is -4.29. The van der Waals surface area contributed by atoms with Crippen LogP contribution in [0.25, 0.3) is 0 Å². The van der Waals surface area contributed by atoms with E-state index in [2.05, 4.69) is 27.3 Å². The second-order valence-electron chi connectivity index (χ2n) is 0.0690. The normalized spacial score (nSPS) is 4.20. The minimum atomic E-state index is 0. The second-order valence-corrected chi connectivity index (χ2v) is 3.23. The van der Waals surface area contributed by atoms with E-state index in [1.165, 1.54) is 0 Å². The van der Waals surface area contributed by atoms with Crippen molar-refractivity contribution in [2.45, 2.75) is 0 Å². The van der Waals surface area contributed by atoms with Crippen molar-refractivity contribution in [2.24, 2.45) is 0 Å². The average Bonchev–Trinajstić information content (AvgIpc) is 0.918. The third-order valence-electron chi connectivity index (χ3n) is 0. The Hall–Kier alpha value is 0.860. The Balaban J connectivity index is -0.0000000200. The van der Waals surface area contributed by atoms with Crippen LogP contribution in [0, 0.1) is 0 Å². The van der Waals surface area contributed by atoms with Crippen molar-refractivity contribution in [2.75, 3.05) is 0 Å². The molecule has 0 saturated carbocycles. The fourth-order valence-corrected chi connectivity index (χ4v) is 0. The Kier molecular flexibility index (Phi) is 70.8. The van der Waals surface area contributed by atoms with Crippen molar-refractivity contribution in [1.82, 2.24) is 0 Å². The van der Waals surface area contributed by atoms with E-state index in [1.807, 2.05) is 0 Å². The highest BCUT2D eigenvalue weighted by molar-refractivity contribution is 9.38. The standard InChI is InChI=1S/BrPS.2FH/c1-2-3;;/h;2*1H/p-2. The van der Waals surface area contributed by atoms with Gasteiger partial charge in [-0.05, 0) is 27.3 Å². The number of hydrogen-bond acceptors (Lipinski definition) is 1. The SMILES string of the molecule is S=PBr.[F-].[F-]. The second kappa shape index (κ2) is 20.9. The number of hydrogen-bond donors (Lipinski definition) is 0. The van der Waals surface area contributed by atoms with Gasteiger partial charge in [-0.2, -0.15) is 0 Å². The molecule has 0 aromatic rings. The van der Waals surface area contributed by atoms with Gasteiger partial charge in [-0.1, -0.05) is 0 Å². The highest BCUT2D eigenvalue weighted by atomic mass is 79.9.